The summed E-state index contributed by atoms with van der Waals surface area (Å²) in [7, 11) is 0. The summed E-state index contributed by atoms with van der Waals surface area (Å²) in [6, 6.07) is 82.6. The number of hydrogen-bond donors (Lipinski definition) is 0. The molecule has 0 N–H and O–H groups in total. The van der Waals surface area contributed by atoms with E-state index in [1.807, 2.05) is 11.3 Å². The zero-order valence-electron chi connectivity index (χ0n) is 32.7. The van der Waals surface area contributed by atoms with Gasteiger partial charge in [0.15, 0.2) is 0 Å². The molecule has 0 atom stereocenters. The zero-order valence-corrected chi connectivity index (χ0v) is 33.5. The van der Waals surface area contributed by atoms with Gasteiger partial charge in [-0.3, -0.25) is 0 Å². The van der Waals surface area contributed by atoms with Crippen LogP contribution < -0.4 is 4.90 Å². The Balaban J connectivity index is 1.09. The van der Waals surface area contributed by atoms with Crippen molar-refractivity contribution in [2.45, 2.75) is 0 Å². The second kappa shape index (κ2) is 14.1. The van der Waals surface area contributed by atoms with Gasteiger partial charge in [0.05, 0.1) is 10.4 Å². The molecule has 2 heteroatoms. The highest BCUT2D eigenvalue weighted by atomic mass is 32.1. The van der Waals surface area contributed by atoms with E-state index in [0.717, 1.165) is 11.4 Å². The first-order valence-corrected chi connectivity index (χ1v) is 21.4. The summed E-state index contributed by atoms with van der Waals surface area (Å²) >= 11 is 1.87. The van der Waals surface area contributed by atoms with Crippen LogP contribution in [0, 0.1) is 0 Å². The lowest BCUT2D eigenvalue weighted by molar-refractivity contribution is 1.31. The molecule has 1 aromatic heterocycles. The Morgan fingerprint density at radius 1 is 0.283 bits per heavy atom. The third kappa shape index (κ3) is 5.61. The number of nitrogens with zero attached hydrogens (tertiary/aromatic N) is 1. The van der Waals surface area contributed by atoms with Crippen LogP contribution in [0.25, 0.3) is 96.6 Å². The summed E-state index contributed by atoms with van der Waals surface area (Å²) < 4.78 is 2.58. The van der Waals surface area contributed by atoms with Gasteiger partial charge in [-0.15, -0.1) is 11.3 Å². The van der Waals surface area contributed by atoms with Crippen LogP contribution in [0.2, 0.25) is 0 Å². The summed E-state index contributed by atoms with van der Waals surface area (Å²) in [5, 5.41) is 12.6. The molecule has 0 spiro atoms. The van der Waals surface area contributed by atoms with Gasteiger partial charge < -0.3 is 4.90 Å². The van der Waals surface area contributed by atoms with E-state index < -0.39 is 0 Å². The second-order valence-electron chi connectivity index (χ2n) is 15.6. The molecule has 60 heavy (non-hydrogen) atoms. The highest BCUT2D eigenvalue weighted by Crippen LogP contribution is 2.48. The minimum atomic E-state index is 1.12. The van der Waals surface area contributed by atoms with Crippen LogP contribution in [0.4, 0.5) is 17.1 Å². The minimum Gasteiger partial charge on any atom is -0.309 e. The minimum absolute atomic E-state index is 1.12. The fraction of sp³-hybridized carbons (Fsp3) is 0. The van der Waals surface area contributed by atoms with E-state index in [0.29, 0.717) is 0 Å². The summed E-state index contributed by atoms with van der Waals surface area (Å²) in [6.45, 7) is 0. The molecular formula is C58H37NS. The Hall–Kier alpha value is -7.52. The molecule has 0 aliphatic rings. The molecule has 0 fully saturated rings. The molecule has 0 aliphatic heterocycles. The number of anilines is 3. The fourth-order valence-corrected chi connectivity index (χ4v) is 10.7. The Morgan fingerprint density at radius 3 is 1.65 bits per heavy atom. The van der Waals surface area contributed by atoms with Crippen LogP contribution >= 0.6 is 11.3 Å². The van der Waals surface area contributed by atoms with Gasteiger partial charge in [-0.1, -0.05) is 182 Å². The molecule has 12 aromatic rings. The lowest BCUT2D eigenvalue weighted by Crippen LogP contribution is -2.10. The summed E-state index contributed by atoms with van der Waals surface area (Å²) in [5.74, 6) is 0. The molecule has 12 rings (SSSR count). The monoisotopic (exact) mass is 779 g/mol. The van der Waals surface area contributed by atoms with Crippen molar-refractivity contribution < 1.29 is 0 Å². The van der Waals surface area contributed by atoms with E-state index in [2.05, 4.69) is 229 Å². The molecule has 0 saturated carbocycles. The Morgan fingerprint density at radius 2 is 0.833 bits per heavy atom. The standard InChI is InChI=1S/C58H37NS/c1-3-16-39(17-4-1)56-51-25-10-9-23-48(51)49-33-31-42(37-53(49)57(56)40-18-5-2-6-19-40)41-20-13-21-44(35-41)59(54-27-14-26-52-50-24-11-12-28-55(50)60-58(52)54)45-32-34-47-43(36-45)30-29-38-15-7-8-22-46(38)47/h1-37H. The SMILES string of the molecule is c1ccc(-c2c(-c3ccccc3)c3cc(-c4cccc(N(c5ccc6c(ccc7ccccc76)c5)c5cccc6c5sc5ccccc56)c4)ccc3c3ccccc23)cc1. The van der Waals surface area contributed by atoms with E-state index in [1.54, 1.807) is 0 Å². The average Bonchev–Trinajstić information content (AvgIpc) is 3.71. The first-order chi connectivity index (χ1) is 29.8. The smallest absolute Gasteiger partial charge is 0.0640 e. The van der Waals surface area contributed by atoms with Crippen LogP contribution in [0.1, 0.15) is 0 Å². The van der Waals surface area contributed by atoms with Gasteiger partial charge in [0, 0.05) is 26.8 Å². The van der Waals surface area contributed by atoms with Gasteiger partial charge >= 0.3 is 0 Å². The molecule has 0 aliphatic carbocycles. The quantitative estimate of drug-likeness (QED) is 0.152. The Kier molecular flexibility index (Phi) is 8.11. The summed E-state index contributed by atoms with van der Waals surface area (Å²) in [6.07, 6.45) is 0. The third-order valence-corrected chi connectivity index (χ3v) is 13.4. The largest absolute Gasteiger partial charge is 0.309 e. The first kappa shape index (κ1) is 34.5. The fourth-order valence-electron chi connectivity index (χ4n) is 9.48. The van der Waals surface area contributed by atoms with Gasteiger partial charge in [0.1, 0.15) is 0 Å². The van der Waals surface area contributed by atoms with Crippen molar-refractivity contribution in [2.24, 2.45) is 0 Å². The third-order valence-electron chi connectivity index (χ3n) is 12.2. The number of thiophene rings is 1. The van der Waals surface area contributed by atoms with Gasteiger partial charge in [-0.25, -0.2) is 0 Å². The van der Waals surface area contributed by atoms with Crippen molar-refractivity contribution in [2.75, 3.05) is 4.90 Å². The Labute approximate surface area is 352 Å². The van der Waals surface area contributed by atoms with Crippen molar-refractivity contribution >= 4 is 91.7 Å². The number of hydrogen-bond acceptors (Lipinski definition) is 2. The normalized spacial score (nSPS) is 11.7. The van der Waals surface area contributed by atoms with Crippen molar-refractivity contribution in [1.29, 1.82) is 0 Å². The van der Waals surface area contributed by atoms with E-state index in [9.17, 15) is 0 Å². The molecule has 0 unspecified atom stereocenters. The molecule has 280 valence electrons. The predicted molar refractivity (Wildman–Crippen MR) is 260 cm³/mol. The van der Waals surface area contributed by atoms with Crippen LogP contribution in [0.3, 0.4) is 0 Å². The van der Waals surface area contributed by atoms with Crippen LogP contribution in [-0.2, 0) is 0 Å². The number of benzene rings is 11. The zero-order chi connectivity index (χ0) is 39.6. The van der Waals surface area contributed by atoms with Crippen molar-refractivity contribution in [3.8, 4) is 33.4 Å². The molecular weight excluding hydrogens is 743 g/mol. The van der Waals surface area contributed by atoms with Crippen LogP contribution in [0.15, 0.2) is 224 Å². The second-order valence-corrected chi connectivity index (χ2v) is 16.7. The van der Waals surface area contributed by atoms with Gasteiger partial charge in [-0.2, -0.15) is 0 Å². The van der Waals surface area contributed by atoms with Crippen molar-refractivity contribution in [3.05, 3.63) is 224 Å². The predicted octanol–water partition coefficient (Wildman–Crippen LogP) is 17.1. The molecule has 1 heterocycles. The van der Waals surface area contributed by atoms with Crippen LogP contribution in [-0.4, -0.2) is 0 Å². The van der Waals surface area contributed by atoms with E-state index >= 15 is 0 Å². The van der Waals surface area contributed by atoms with E-state index in [-0.39, 0.29) is 0 Å². The van der Waals surface area contributed by atoms with Crippen molar-refractivity contribution in [1.82, 2.24) is 0 Å². The molecule has 0 amide bonds. The molecule has 0 saturated heterocycles. The molecule has 0 bridgehead atoms. The maximum atomic E-state index is 2.47. The first-order valence-electron chi connectivity index (χ1n) is 20.6. The molecule has 0 radical (unpaired) electrons. The van der Waals surface area contributed by atoms with Gasteiger partial charge in [-0.05, 0) is 119 Å². The Bertz CT molecular complexity index is 3600. The lowest BCUT2D eigenvalue weighted by atomic mass is 9.84. The number of fused-ring (bicyclic) bond motifs is 9. The summed E-state index contributed by atoms with van der Waals surface area (Å²) in [4.78, 5) is 2.47. The summed E-state index contributed by atoms with van der Waals surface area (Å²) in [5.41, 5.74) is 10.7. The number of rotatable bonds is 6. The maximum absolute atomic E-state index is 2.47. The topological polar surface area (TPSA) is 3.24 Å². The van der Waals surface area contributed by atoms with E-state index in [1.165, 1.54) is 102 Å². The average molecular weight is 780 g/mol. The van der Waals surface area contributed by atoms with Gasteiger partial charge in [0.2, 0.25) is 0 Å². The van der Waals surface area contributed by atoms with Gasteiger partial charge in [0.25, 0.3) is 0 Å². The lowest BCUT2D eigenvalue weighted by Gasteiger charge is -2.27. The molecule has 11 aromatic carbocycles. The van der Waals surface area contributed by atoms with Crippen LogP contribution in [0.5, 0.6) is 0 Å². The molecule has 1 nitrogen and oxygen atoms in total. The van der Waals surface area contributed by atoms with Crippen molar-refractivity contribution in [3.63, 3.8) is 0 Å². The van der Waals surface area contributed by atoms with E-state index in [4.69, 9.17) is 0 Å². The highest BCUT2D eigenvalue weighted by molar-refractivity contribution is 7.26. The highest BCUT2D eigenvalue weighted by Gasteiger charge is 2.21. The maximum Gasteiger partial charge on any atom is 0.0640 e.